The Bertz CT molecular complexity index is 1330. The van der Waals surface area contributed by atoms with Gasteiger partial charge in [0.05, 0.1) is 11.5 Å². The monoisotopic (exact) mass is 592 g/mol. The van der Waals surface area contributed by atoms with Crippen LogP contribution < -0.4 is 10.4 Å². The summed E-state index contributed by atoms with van der Waals surface area (Å²) in [6, 6.07) is 28.6. The zero-order valence-electron chi connectivity index (χ0n) is 25.9. The van der Waals surface area contributed by atoms with Crippen LogP contribution in [0.2, 0.25) is 5.04 Å². The first-order valence-electron chi connectivity index (χ1n) is 15.0. The Labute approximate surface area is 249 Å². The van der Waals surface area contributed by atoms with E-state index < -0.39 is 18.4 Å². The lowest BCUT2D eigenvalue weighted by Gasteiger charge is -2.50. The summed E-state index contributed by atoms with van der Waals surface area (Å²) in [6.07, 6.45) is 4.32. The lowest BCUT2D eigenvalue weighted by atomic mass is 9.63. The van der Waals surface area contributed by atoms with Crippen molar-refractivity contribution in [3.63, 3.8) is 0 Å². The van der Waals surface area contributed by atoms with Gasteiger partial charge >= 0.3 is 0 Å². The summed E-state index contributed by atoms with van der Waals surface area (Å²) in [4.78, 5) is 0.214. The topological polar surface area (TPSA) is 52.6 Å². The van der Waals surface area contributed by atoms with E-state index >= 15 is 0 Å². The summed E-state index contributed by atoms with van der Waals surface area (Å²) in [7, 11) is -6.43. The number of benzene rings is 3. The molecule has 0 aromatic heterocycles. The predicted molar refractivity (Wildman–Crippen MR) is 172 cm³/mol. The molecule has 4 rings (SSSR count). The van der Waals surface area contributed by atoms with Gasteiger partial charge in [-0.15, -0.1) is 0 Å². The lowest BCUT2D eigenvalue weighted by Crippen LogP contribution is -2.68. The van der Waals surface area contributed by atoms with Gasteiger partial charge in [0.2, 0.25) is 0 Å². The largest absolute Gasteiger partial charge is 0.404 e. The van der Waals surface area contributed by atoms with E-state index in [-0.39, 0.29) is 39.9 Å². The lowest BCUT2D eigenvalue weighted by molar-refractivity contribution is 0.00822. The van der Waals surface area contributed by atoms with Crippen LogP contribution >= 0.6 is 0 Å². The Balaban J connectivity index is 1.55. The zero-order chi connectivity index (χ0) is 29.9. The minimum atomic E-state index is -3.79. The number of hydrogen-bond acceptors (Lipinski definition) is 4. The molecule has 0 N–H and O–H groups in total. The maximum Gasteiger partial charge on any atom is 0.296 e. The van der Waals surface area contributed by atoms with Crippen LogP contribution in [0.3, 0.4) is 0 Å². The van der Waals surface area contributed by atoms with Crippen LogP contribution in [0.1, 0.15) is 72.8 Å². The molecule has 4 nitrogen and oxygen atoms in total. The number of rotatable bonds is 10. The average Bonchev–Trinajstić information content (AvgIpc) is 2.95. The van der Waals surface area contributed by atoms with Crippen molar-refractivity contribution >= 4 is 28.8 Å². The van der Waals surface area contributed by atoms with E-state index in [2.05, 4.69) is 102 Å². The Morgan fingerprint density at radius 1 is 0.902 bits per heavy atom. The van der Waals surface area contributed by atoms with Crippen LogP contribution in [0, 0.1) is 24.2 Å². The quantitative estimate of drug-likeness (QED) is 0.181. The third kappa shape index (κ3) is 6.88. The third-order valence-corrected chi connectivity index (χ3v) is 15.9. The normalized spacial score (nSPS) is 21.8. The summed E-state index contributed by atoms with van der Waals surface area (Å²) < 4.78 is 38.8. The van der Waals surface area contributed by atoms with Crippen LogP contribution in [0.4, 0.5) is 0 Å². The van der Waals surface area contributed by atoms with Crippen LogP contribution in [0.5, 0.6) is 0 Å². The van der Waals surface area contributed by atoms with E-state index in [1.807, 2.05) is 6.92 Å². The van der Waals surface area contributed by atoms with E-state index in [9.17, 15) is 8.42 Å². The van der Waals surface area contributed by atoms with E-state index in [0.717, 1.165) is 31.2 Å². The zero-order valence-corrected chi connectivity index (χ0v) is 27.7. The van der Waals surface area contributed by atoms with Gasteiger partial charge in [-0.1, -0.05) is 126 Å². The summed E-state index contributed by atoms with van der Waals surface area (Å²) in [6.45, 7) is 15.9. The SMILES string of the molecule is Cc1ccc(S(=O)(=O)OC[C@@H](C)[C@@H](C)[C@@]2(C)CCCC(O[Si](c3ccccc3)(c3ccccc3)C(C)(C)C)C2)cc1. The molecule has 1 aliphatic rings. The minimum absolute atomic E-state index is 0.0186. The van der Waals surface area contributed by atoms with Crippen molar-refractivity contribution in [3.8, 4) is 0 Å². The highest BCUT2D eigenvalue weighted by Crippen LogP contribution is 2.48. The second-order valence-electron chi connectivity index (χ2n) is 13.5. The van der Waals surface area contributed by atoms with E-state index in [1.54, 1.807) is 24.3 Å². The summed E-state index contributed by atoms with van der Waals surface area (Å²) in [5.74, 6) is 0.341. The molecule has 0 bridgehead atoms. The van der Waals surface area contributed by atoms with Crippen molar-refractivity contribution in [1.82, 2.24) is 0 Å². The molecule has 4 atom stereocenters. The highest BCUT2D eigenvalue weighted by Gasteiger charge is 2.52. The van der Waals surface area contributed by atoms with Gasteiger partial charge in [-0.05, 0) is 71.0 Å². The predicted octanol–water partition coefficient (Wildman–Crippen LogP) is 7.50. The molecule has 1 unspecified atom stereocenters. The van der Waals surface area contributed by atoms with E-state index in [4.69, 9.17) is 8.61 Å². The van der Waals surface area contributed by atoms with Gasteiger partial charge < -0.3 is 4.43 Å². The maximum absolute atomic E-state index is 12.9. The molecule has 222 valence electrons. The van der Waals surface area contributed by atoms with Crippen molar-refractivity contribution in [3.05, 3.63) is 90.5 Å². The molecule has 1 fully saturated rings. The Morgan fingerprint density at radius 2 is 1.44 bits per heavy atom. The summed E-state index contributed by atoms with van der Waals surface area (Å²) >= 11 is 0. The van der Waals surface area contributed by atoms with Crippen molar-refractivity contribution in [1.29, 1.82) is 0 Å². The van der Waals surface area contributed by atoms with Crippen LogP contribution in [-0.4, -0.2) is 29.4 Å². The van der Waals surface area contributed by atoms with Crippen molar-refractivity contribution in [2.45, 2.75) is 90.2 Å². The van der Waals surface area contributed by atoms with Crippen molar-refractivity contribution < 1.29 is 17.0 Å². The third-order valence-electron chi connectivity index (χ3n) is 9.48. The molecule has 3 aromatic rings. The van der Waals surface area contributed by atoms with Crippen LogP contribution in [-0.2, 0) is 18.7 Å². The molecular formula is C35H48O4SSi. The van der Waals surface area contributed by atoms with E-state index in [1.165, 1.54) is 10.4 Å². The molecule has 0 heterocycles. The van der Waals surface area contributed by atoms with Crippen LogP contribution in [0.25, 0.3) is 0 Å². The molecule has 1 saturated carbocycles. The van der Waals surface area contributed by atoms with Gasteiger partial charge in [0.15, 0.2) is 0 Å². The van der Waals surface area contributed by atoms with Gasteiger partial charge in [-0.25, -0.2) is 0 Å². The first-order chi connectivity index (χ1) is 19.3. The second-order valence-corrected chi connectivity index (χ2v) is 19.3. The highest BCUT2D eigenvalue weighted by molar-refractivity contribution is 7.86. The highest BCUT2D eigenvalue weighted by atomic mass is 32.2. The maximum atomic E-state index is 12.9. The number of hydrogen-bond donors (Lipinski definition) is 0. The second kappa shape index (κ2) is 12.5. The molecule has 41 heavy (non-hydrogen) atoms. The Hall–Kier alpha value is -2.25. The summed E-state index contributed by atoms with van der Waals surface area (Å²) in [5, 5.41) is 2.55. The molecule has 3 aromatic carbocycles. The molecule has 0 saturated heterocycles. The average molecular weight is 593 g/mol. The van der Waals surface area contributed by atoms with Crippen LogP contribution in [0.15, 0.2) is 89.8 Å². The molecule has 1 aliphatic carbocycles. The minimum Gasteiger partial charge on any atom is -0.404 e. The smallest absolute Gasteiger partial charge is 0.296 e. The summed E-state index contributed by atoms with van der Waals surface area (Å²) in [5.41, 5.74) is 1.04. The fourth-order valence-corrected chi connectivity index (χ4v) is 12.4. The molecule has 0 radical (unpaired) electrons. The first-order valence-corrected chi connectivity index (χ1v) is 18.4. The van der Waals surface area contributed by atoms with Crippen molar-refractivity contribution in [2.24, 2.45) is 17.3 Å². The standard InChI is InChI=1S/C35H48O4SSi/c1-27-20-22-31(23-21-27)40(36,37)38-26-28(2)29(3)35(7)24-14-15-30(25-35)39-41(34(4,5)6,32-16-10-8-11-17-32)33-18-12-9-13-19-33/h8-13,16-23,28-30H,14-15,24-26H2,1-7H3/t28-,29-,30?,35+/m1/s1. The molecule has 0 amide bonds. The van der Waals surface area contributed by atoms with Gasteiger partial charge in [0.1, 0.15) is 0 Å². The fraction of sp³-hybridized carbons (Fsp3) is 0.486. The molecule has 0 aliphatic heterocycles. The first kappa shape index (κ1) is 31.7. The number of aryl methyl sites for hydroxylation is 1. The molecule has 6 heteroatoms. The fourth-order valence-electron chi connectivity index (χ4n) is 6.71. The molecular weight excluding hydrogens is 545 g/mol. The van der Waals surface area contributed by atoms with Gasteiger partial charge in [-0.3, -0.25) is 4.18 Å². The Kier molecular flexibility index (Phi) is 9.69. The molecule has 0 spiro atoms. The van der Waals surface area contributed by atoms with Crippen molar-refractivity contribution in [2.75, 3.05) is 6.61 Å². The van der Waals surface area contributed by atoms with Gasteiger partial charge in [0, 0.05) is 6.10 Å². The van der Waals surface area contributed by atoms with Gasteiger partial charge in [0.25, 0.3) is 18.4 Å². The van der Waals surface area contributed by atoms with Gasteiger partial charge in [-0.2, -0.15) is 8.42 Å². The Morgan fingerprint density at radius 3 is 1.95 bits per heavy atom. The van der Waals surface area contributed by atoms with E-state index in [0.29, 0.717) is 0 Å².